The summed E-state index contributed by atoms with van der Waals surface area (Å²) in [6.45, 7) is -0.0780. The van der Waals surface area contributed by atoms with E-state index >= 15 is 0 Å². The van der Waals surface area contributed by atoms with E-state index in [0.29, 0.717) is 0 Å². The normalized spacial score (nSPS) is 22.1. The summed E-state index contributed by atoms with van der Waals surface area (Å²) < 4.78 is 38.0. The third-order valence-corrected chi connectivity index (χ3v) is 3.72. The molecular formula is C13H10F3N3O4. The molecule has 1 fully saturated rings. The molecule has 1 aliphatic rings. The molecule has 0 aromatic carbocycles. The summed E-state index contributed by atoms with van der Waals surface area (Å²) >= 11 is 0. The number of carboxylic acid groups (broad SMARTS) is 1. The molecule has 3 N–H and O–H groups in total. The van der Waals surface area contributed by atoms with E-state index in [1.807, 2.05) is 0 Å². The van der Waals surface area contributed by atoms with Gasteiger partial charge in [-0.2, -0.15) is 13.2 Å². The van der Waals surface area contributed by atoms with Crippen LogP contribution in [0.15, 0.2) is 18.3 Å². The molecule has 0 aliphatic carbocycles. The number of halogens is 3. The van der Waals surface area contributed by atoms with Crippen LogP contribution in [0.1, 0.15) is 12.1 Å². The largest absolute Gasteiger partial charge is 0.479 e. The van der Waals surface area contributed by atoms with Crippen molar-refractivity contribution in [3.05, 3.63) is 24.0 Å². The Labute approximate surface area is 126 Å². The van der Waals surface area contributed by atoms with E-state index in [-0.39, 0.29) is 29.7 Å². The summed E-state index contributed by atoms with van der Waals surface area (Å²) in [6.07, 6.45) is -3.74. The Morgan fingerprint density at radius 2 is 2.09 bits per heavy atom. The van der Waals surface area contributed by atoms with E-state index in [2.05, 4.69) is 9.97 Å². The fourth-order valence-corrected chi connectivity index (χ4v) is 2.45. The van der Waals surface area contributed by atoms with Gasteiger partial charge in [-0.05, 0) is 12.1 Å². The molecule has 1 amide bonds. The van der Waals surface area contributed by atoms with Gasteiger partial charge in [0.25, 0.3) is 5.91 Å². The molecule has 2 aromatic rings. The van der Waals surface area contributed by atoms with Crippen LogP contribution in [0, 0.1) is 0 Å². The van der Waals surface area contributed by atoms with Gasteiger partial charge in [-0.3, -0.25) is 4.79 Å². The molecule has 0 saturated carbocycles. The molecule has 0 bridgehead atoms. The van der Waals surface area contributed by atoms with Crippen molar-refractivity contribution in [3.63, 3.8) is 0 Å². The predicted octanol–water partition coefficient (Wildman–Crippen LogP) is 1.13. The number of amides is 1. The van der Waals surface area contributed by atoms with Crippen molar-refractivity contribution >= 4 is 28.6 Å². The van der Waals surface area contributed by atoms with Crippen LogP contribution in [0.3, 0.4) is 0 Å². The fourth-order valence-electron chi connectivity index (χ4n) is 2.45. The topological polar surface area (TPSA) is 107 Å². The summed E-state index contributed by atoms with van der Waals surface area (Å²) in [6, 6.07) is 2.12. The first-order valence-electron chi connectivity index (χ1n) is 6.46. The molecule has 0 radical (unpaired) electrons. The highest BCUT2D eigenvalue weighted by molar-refractivity contribution is 6.14. The number of rotatable bonds is 2. The minimum atomic E-state index is -4.56. The van der Waals surface area contributed by atoms with Gasteiger partial charge in [-0.25, -0.2) is 9.78 Å². The molecule has 7 nitrogen and oxygen atoms in total. The lowest BCUT2D eigenvalue weighted by molar-refractivity contribution is -0.162. The first-order chi connectivity index (χ1) is 10.6. The number of hydrogen-bond donors (Lipinski definition) is 3. The smallest absolute Gasteiger partial charge is 0.431 e. The summed E-state index contributed by atoms with van der Waals surface area (Å²) in [5, 5.41) is 18.9. The molecule has 0 spiro atoms. The Kier molecular flexibility index (Phi) is 3.11. The molecule has 1 saturated heterocycles. The number of carbonyl (C=O) groups is 2. The molecule has 3 heterocycles. The maximum absolute atomic E-state index is 12.7. The number of pyridine rings is 1. The number of carboxylic acids is 1. The monoisotopic (exact) mass is 329 g/mol. The average Bonchev–Trinajstić information content (AvgIpc) is 3.01. The minimum absolute atomic E-state index is 0.0128. The number of aromatic amines is 1. The van der Waals surface area contributed by atoms with Crippen LogP contribution in [-0.2, 0) is 15.8 Å². The van der Waals surface area contributed by atoms with Gasteiger partial charge in [0.05, 0.1) is 11.9 Å². The highest BCUT2D eigenvalue weighted by atomic mass is 19.4. The van der Waals surface area contributed by atoms with Crippen molar-refractivity contribution in [2.45, 2.75) is 18.2 Å². The summed E-state index contributed by atoms with van der Waals surface area (Å²) in [4.78, 5) is 30.0. The van der Waals surface area contributed by atoms with Gasteiger partial charge in [0.2, 0.25) is 5.60 Å². The summed E-state index contributed by atoms with van der Waals surface area (Å²) in [5.74, 6) is -2.71. The standard InChI is InChI=1S/C13H10F3N3O4/c14-13(15,16)8-4-6-3-7(5-17-9(6)18-8)19-2-1-12(23,10(19)20)11(21)22/h3-5,23H,1-2H2,(H,17,18)(H,21,22). The number of nitrogens with one attached hydrogen (secondary N) is 1. The van der Waals surface area contributed by atoms with Crippen molar-refractivity contribution in [1.29, 1.82) is 0 Å². The molecule has 3 rings (SSSR count). The molecular weight excluding hydrogens is 319 g/mol. The molecule has 2 aromatic heterocycles. The minimum Gasteiger partial charge on any atom is -0.479 e. The van der Waals surface area contributed by atoms with Crippen LogP contribution < -0.4 is 4.90 Å². The molecule has 10 heteroatoms. The Balaban J connectivity index is 1.99. The maximum atomic E-state index is 12.7. The van der Waals surface area contributed by atoms with Gasteiger partial charge in [0.15, 0.2) is 0 Å². The van der Waals surface area contributed by atoms with Crippen molar-refractivity contribution in [1.82, 2.24) is 9.97 Å². The Bertz CT molecular complexity index is 816. The fraction of sp³-hybridized carbons (Fsp3) is 0.308. The van der Waals surface area contributed by atoms with Crippen molar-refractivity contribution in [2.75, 3.05) is 11.4 Å². The second-order valence-electron chi connectivity index (χ2n) is 5.18. The zero-order chi connectivity index (χ0) is 17.0. The van der Waals surface area contributed by atoms with Gasteiger partial charge in [0.1, 0.15) is 11.3 Å². The molecule has 1 aliphatic heterocycles. The first kappa shape index (κ1) is 15.3. The number of anilines is 1. The molecule has 122 valence electrons. The van der Waals surface area contributed by atoms with Crippen LogP contribution in [0.25, 0.3) is 11.0 Å². The van der Waals surface area contributed by atoms with Gasteiger partial charge >= 0.3 is 12.1 Å². The summed E-state index contributed by atoms with van der Waals surface area (Å²) in [5.41, 5.74) is -3.40. The SMILES string of the molecule is O=C(O)C1(O)CCN(c2cnc3[nH]c(C(F)(F)F)cc3c2)C1=O. The Hall–Kier alpha value is -2.62. The molecule has 1 atom stereocenters. The second-order valence-corrected chi connectivity index (χ2v) is 5.18. The Morgan fingerprint density at radius 1 is 1.39 bits per heavy atom. The molecule has 23 heavy (non-hydrogen) atoms. The van der Waals surface area contributed by atoms with Gasteiger partial charge in [-0.15, -0.1) is 0 Å². The number of aliphatic hydroxyl groups is 1. The highest BCUT2D eigenvalue weighted by Crippen LogP contribution is 2.33. The number of H-pyrrole nitrogens is 1. The second kappa shape index (κ2) is 4.69. The number of fused-ring (bicyclic) bond motifs is 1. The van der Waals surface area contributed by atoms with Gasteiger partial charge in [-0.1, -0.05) is 0 Å². The number of hydrogen-bond acceptors (Lipinski definition) is 4. The van der Waals surface area contributed by atoms with E-state index in [4.69, 9.17) is 5.11 Å². The average molecular weight is 329 g/mol. The highest BCUT2D eigenvalue weighted by Gasteiger charge is 2.52. The number of alkyl halides is 3. The number of aromatic nitrogens is 2. The van der Waals surface area contributed by atoms with Crippen LogP contribution in [0.4, 0.5) is 18.9 Å². The van der Waals surface area contributed by atoms with Crippen molar-refractivity contribution < 1.29 is 33.0 Å². The third-order valence-electron chi connectivity index (χ3n) is 3.72. The van der Waals surface area contributed by atoms with E-state index in [1.54, 1.807) is 0 Å². The van der Waals surface area contributed by atoms with Crippen molar-refractivity contribution in [3.8, 4) is 0 Å². The van der Waals surface area contributed by atoms with Gasteiger partial charge in [0, 0.05) is 18.4 Å². The maximum Gasteiger partial charge on any atom is 0.431 e. The van der Waals surface area contributed by atoms with Crippen LogP contribution >= 0.6 is 0 Å². The van der Waals surface area contributed by atoms with E-state index in [9.17, 15) is 27.9 Å². The van der Waals surface area contributed by atoms with E-state index in [1.165, 1.54) is 6.07 Å². The van der Waals surface area contributed by atoms with E-state index in [0.717, 1.165) is 17.2 Å². The zero-order valence-electron chi connectivity index (χ0n) is 11.4. The number of carbonyl (C=O) groups excluding carboxylic acids is 1. The van der Waals surface area contributed by atoms with Crippen molar-refractivity contribution in [2.24, 2.45) is 0 Å². The van der Waals surface area contributed by atoms with E-state index < -0.39 is 29.3 Å². The van der Waals surface area contributed by atoms with Crippen LogP contribution in [0.2, 0.25) is 0 Å². The van der Waals surface area contributed by atoms with Crippen LogP contribution in [-0.4, -0.2) is 44.2 Å². The first-order valence-corrected chi connectivity index (χ1v) is 6.46. The lowest BCUT2D eigenvalue weighted by Crippen LogP contribution is -2.46. The number of nitrogens with zero attached hydrogens (tertiary/aromatic N) is 2. The Morgan fingerprint density at radius 3 is 2.65 bits per heavy atom. The van der Waals surface area contributed by atoms with Crippen LogP contribution in [0.5, 0.6) is 0 Å². The number of aliphatic carboxylic acids is 1. The lowest BCUT2D eigenvalue weighted by atomic mass is 10.0. The molecule has 1 unspecified atom stereocenters. The predicted molar refractivity (Wildman–Crippen MR) is 70.7 cm³/mol. The third kappa shape index (κ3) is 2.31. The summed E-state index contributed by atoms with van der Waals surface area (Å²) in [7, 11) is 0. The zero-order valence-corrected chi connectivity index (χ0v) is 11.4. The quantitative estimate of drug-likeness (QED) is 0.716. The van der Waals surface area contributed by atoms with Gasteiger partial charge < -0.3 is 20.1 Å². The lowest BCUT2D eigenvalue weighted by Gasteiger charge is -2.18.